The first-order valence-corrected chi connectivity index (χ1v) is 9.28. The summed E-state index contributed by atoms with van der Waals surface area (Å²) in [4.78, 5) is 12.6. The maximum atomic E-state index is 12.6. The van der Waals surface area contributed by atoms with Crippen molar-refractivity contribution in [3.8, 4) is 11.5 Å². The zero-order valence-electron chi connectivity index (χ0n) is 16.1. The third-order valence-electron chi connectivity index (χ3n) is 4.59. The first-order valence-electron chi connectivity index (χ1n) is 8.91. The summed E-state index contributed by atoms with van der Waals surface area (Å²) in [5.74, 6) is 0.875. The summed E-state index contributed by atoms with van der Waals surface area (Å²) in [5, 5.41) is 3.63. The van der Waals surface area contributed by atoms with Crippen LogP contribution in [0.25, 0.3) is 0 Å². The van der Waals surface area contributed by atoms with Crippen molar-refractivity contribution < 1.29 is 14.3 Å². The Morgan fingerprint density at radius 2 is 1.75 bits per heavy atom. The Bertz CT molecular complexity index is 984. The van der Waals surface area contributed by atoms with Gasteiger partial charge in [0.2, 0.25) is 0 Å². The van der Waals surface area contributed by atoms with Crippen LogP contribution in [0.2, 0.25) is 5.02 Å². The van der Waals surface area contributed by atoms with Crippen molar-refractivity contribution in [3.05, 3.63) is 87.9 Å². The number of halogens is 1. The summed E-state index contributed by atoms with van der Waals surface area (Å²) in [6.45, 7) is 4.38. The number of hydrogen-bond donors (Lipinski definition) is 1. The van der Waals surface area contributed by atoms with Crippen LogP contribution in [0.4, 0.5) is 5.69 Å². The van der Waals surface area contributed by atoms with Crippen molar-refractivity contribution in [2.24, 2.45) is 0 Å². The van der Waals surface area contributed by atoms with E-state index in [1.807, 2.05) is 56.3 Å². The molecule has 5 heteroatoms. The number of hydrogen-bond acceptors (Lipinski definition) is 3. The quantitative estimate of drug-likeness (QED) is 0.574. The molecule has 0 radical (unpaired) electrons. The van der Waals surface area contributed by atoms with E-state index in [0.717, 1.165) is 22.4 Å². The summed E-state index contributed by atoms with van der Waals surface area (Å²) >= 11 is 5.90. The Kier molecular flexibility index (Phi) is 6.22. The van der Waals surface area contributed by atoms with Crippen LogP contribution in [0, 0.1) is 13.8 Å². The van der Waals surface area contributed by atoms with E-state index in [1.165, 1.54) is 0 Å². The molecule has 3 aromatic carbocycles. The highest BCUT2D eigenvalue weighted by atomic mass is 35.5. The van der Waals surface area contributed by atoms with Crippen molar-refractivity contribution in [3.63, 3.8) is 0 Å². The Morgan fingerprint density at radius 1 is 1.00 bits per heavy atom. The minimum absolute atomic E-state index is 0.198. The van der Waals surface area contributed by atoms with E-state index in [9.17, 15) is 4.79 Å². The smallest absolute Gasteiger partial charge is 0.255 e. The molecule has 1 N–H and O–H groups in total. The summed E-state index contributed by atoms with van der Waals surface area (Å²) < 4.78 is 11.3. The first-order chi connectivity index (χ1) is 13.5. The Balaban J connectivity index is 1.73. The number of aryl methyl sites for hydroxylation is 1. The zero-order chi connectivity index (χ0) is 20.1. The average Bonchev–Trinajstić information content (AvgIpc) is 2.71. The fourth-order valence-electron chi connectivity index (χ4n) is 2.75. The summed E-state index contributed by atoms with van der Waals surface area (Å²) in [6, 6.07) is 18.4. The number of nitrogens with one attached hydrogen (secondary N) is 1. The van der Waals surface area contributed by atoms with Gasteiger partial charge in [0.05, 0.1) is 7.11 Å². The van der Waals surface area contributed by atoms with Gasteiger partial charge in [-0.15, -0.1) is 0 Å². The lowest BCUT2D eigenvalue weighted by atomic mass is 10.1. The van der Waals surface area contributed by atoms with Crippen molar-refractivity contribution in [2.75, 3.05) is 12.4 Å². The Labute approximate surface area is 170 Å². The number of amides is 1. The van der Waals surface area contributed by atoms with Gasteiger partial charge in [0.15, 0.2) is 11.5 Å². The van der Waals surface area contributed by atoms with E-state index in [4.69, 9.17) is 21.1 Å². The van der Waals surface area contributed by atoms with E-state index >= 15 is 0 Å². The highest BCUT2D eigenvalue weighted by Gasteiger charge is 2.13. The van der Waals surface area contributed by atoms with Crippen LogP contribution in [0.15, 0.2) is 60.7 Å². The predicted octanol–water partition coefficient (Wildman–Crippen LogP) is 5.80. The predicted molar refractivity (Wildman–Crippen MR) is 113 cm³/mol. The molecule has 0 aliphatic rings. The standard InChI is InChI=1S/C23H22ClNO3/c1-15-5-4-6-20(16(15)2)25-23(26)18-9-12-21(22(13-18)27-3)28-14-17-7-10-19(24)11-8-17/h4-13H,14H2,1-3H3,(H,25,26). The molecule has 0 fully saturated rings. The lowest BCUT2D eigenvalue weighted by Gasteiger charge is -2.14. The van der Waals surface area contributed by atoms with E-state index in [2.05, 4.69) is 5.32 Å². The van der Waals surface area contributed by atoms with Gasteiger partial charge < -0.3 is 14.8 Å². The summed E-state index contributed by atoms with van der Waals surface area (Å²) in [7, 11) is 1.55. The molecular weight excluding hydrogens is 374 g/mol. The minimum atomic E-state index is -0.198. The number of carbonyl (C=O) groups is 1. The van der Waals surface area contributed by atoms with Crippen LogP contribution in [0.5, 0.6) is 11.5 Å². The van der Waals surface area contributed by atoms with E-state index < -0.39 is 0 Å². The fourth-order valence-corrected chi connectivity index (χ4v) is 2.88. The van der Waals surface area contributed by atoms with Crippen molar-refractivity contribution in [1.82, 2.24) is 0 Å². The van der Waals surface area contributed by atoms with E-state index in [1.54, 1.807) is 25.3 Å². The molecule has 0 spiro atoms. The molecule has 0 unspecified atom stereocenters. The van der Waals surface area contributed by atoms with Crippen molar-refractivity contribution >= 4 is 23.2 Å². The molecule has 0 heterocycles. The SMILES string of the molecule is COc1cc(C(=O)Nc2cccc(C)c2C)ccc1OCc1ccc(Cl)cc1. The molecule has 0 saturated carbocycles. The molecule has 0 bridgehead atoms. The number of benzene rings is 3. The number of carbonyl (C=O) groups excluding carboxylic acids is 1. The molecule has 0 aliphatic heterocycles. The molecule has 3 aromatic rings. The maximum Gasteiger partial charge on any atom is 0.255 e. The maximum absolute atomic E-state index is 12.6. The highest BCUT2D eigenvalue weighted by Crippen LogP contribution is 2.29. The third-order valence-corrected chi connectivity index (χ3v) is 4.84. The largest absolute Gasteiger partial charge is 0.493 e. The molecular formula is C23H22ClNO3. The Morgan fingerprint density at radius 3 is 2.46 bits per heavy atom. The molecule has 4 nitrogen and oxygen atoms in total. The van der Waals surface area contributed by atoms with Crippen LogP contribution in [0.1, 0.15) is 27.0 Å². The van der Waals surface area contributed by atoms with Crippen LogP contribution in [-0.2, 0) is 6.61 Å². The summed E-state index contributed by atoms with van der Waals surface area (Å²) in [6.07, 6.45) is 0. The number of rotatable bonds is 6. The highest BCUT2D eigenvalue weighted by molar-refractivity contribution is 6.30. The van der Waals surface area contributed by atoms with Crippen LogP contribution < -0.4 is 14.8 Å². The van der Waals surface area contributed by atoms with Crippen LogP contribution in [-0.4, -0.2) is 13.0 Å². The first kappa shape index (κ1) is 19.8. The molecule has 0 saturated heterocycles. The third kappa shape index (κ3) is 4.65. The van der Waals surface area contributed by atoms with Gasteiger partial charge in [0, 0.05) is 16.3 Å². The fraction of sp³-hybridized carbons (Fsp3) is 0.174. The zero-order valence-corrected chi connectivity index (χ0v) is 16.8. The van der Waals surface area contributed by atoms with Crippen molar-refractivity contribution in [2.45, 2.75) is 20.5 Å². The van der Waals surface area contributed by atoms with Gasteiger partial charge in [0.25, 0.3) is 5.91 Å². The van der Waals surface area contributed by atoms with E-state index in [0.29, 0.717) is 28.7 Å². The van der Waals surface area contributed by atoms with Gasteiger partial charge >= 0.3 is 0 Å². The van der Waals surface area contributed by atoms with Gasteiger partial charge in [0.1, 0.15) is 6.61 Å². The molecule has 0 atom stereocenters. The summed E-state index contributed by atoms with van der Waals surface area (Å²) in [5.41, 5.74) is 4.46. The van der Waals surface area contributed by atoms with Crippen LogP contribution in [0.3, 0.4) is 0 Å². The van der Waals surface area contributed by atoms with E-state index in [-0.39, 0.29) is 5.91 Å². The molecule has 1 amide bonds. The van der Waals surface area contributed by atoms with Gasteiger partial charge in [-0.3, -0.25) is 4.79 Å². The van der Waals surface area contributed by atoms with Gasteiger partial charge in [-0.25, -0.2) is 0 Å². The van der Waals surface area contributed by atoms with Crippen molar-refractivity contribution in [1.29, 1.82) is 0 Å². The second kappa shape index (κ2) is 8.81. The van der Waals surface area contributed by atoms with Gasteiger partial charge in [-0.05, 0) is 66.9 Å². The van der Waals surface area contributed by atoms with Crippen LogP contribution >= 0.6 is 11.6 Å². The number of anilines is 1. The minimum Gasteiger partial charge on any atom is -0.493 e. The lowest BCUT2D eigenvalue weighted by molar-refractivity contribution is 0.102. The second-order valence-corrected chi connectivity index (χ2v) is 6.92. The topological polar surface area (TPSA) is 47.6 Å². The molecule has 0 aliphatic carbocycles. The van der Waals surface area contributed by atoms with Gasteiger partial charge in [-0.1, -0.05) is 35.9 Å². The average molecular weight is 396 g/mol. The lowest BCUT2D eigenvalue weighted by Crippen LogP contribution is -2.13. The molecule has 0 aromatic heterocycles. The number of methoxy groups -OCH3 is 1. The molecule has 144 valence electrons. The second-order valence-electron chi connectivity index (χ2n) is 6.48. The monoisotopic (exact) mass is 395 g/mol. The number of ether oxygens (including phenoxy) is 2. The van der Waals surface area contributed by atoms with Gasteiger partial charge in [-0.2, -0.15) is 0 Å². The Hall–Kier alpha value is -2.98. The molecule has 28 heavy (non-hydrogen) atoms. The molecule has 3 rings (SSSR count). The normalized spacial score (nSPS) is 10.4.